The highest BCUT2D eigenvalue weighted by Gasteiger charge is 2.23. The molecule has 0 aliphatic rings. The molecule has 1 aromatic heterocycles. The van der Waals surface area contributed by atoms with E-state index in [4.69, 9.17) is 4.42 Å². The van der Waals surface area contributed by atoms with Crippen LogP contribution in [0.4, 0.5) is 13.2 Å². The number of hydrogen-bond acceptors (Lipinski definition) is 3. The Hall–Kier alpha value is -3.02. The Morgan fingerprint density at radius 1 is 0.931 bits per heavy atom. The lowest BCUT2D eigenvalue weighted by Crippen LogP contribution is -2.05. The van der Waals surface area contributed by atoms with Crippen LogP contribution in [0, 0.1) is 17.5 Å². The predicted molar refractivity (Wildman–Crippen MR) is 107 cm³/mol. The third-order valence-corrected chi connectivity index (χ3v) is 4.91. The van der Waals surface area contributed by atoms with E-state index >= 15 is 0 Å². The molecule has 0 saturated carbocycles. The quantitative estimate of drug-likeness (QED) is 0.333. The minimum absolute atomic E-state index is 0.131. The van der Waals surface area contributed by atoms with Gasteiger partial charge in [-0.1, -0.05) is 19.4 Å². The lowest BCUT2D eigenvalue weighted by molar-refractivity contribution is 0.377. The number of rotatable bonds is 3. The summed E-state index contributed by atoms with van der Waals surface area (Å²) in [5, 5.41) is 12.4. The van der Waals surface area contributed by atoms with E-state index in [1.165, 1.54) is 6.07 Å². The Morgan fingerprint density at radius 3 is 2.38 bits per heavy atom. The van der Waals surface area contributed by atoms with Crippen molar-refractivity contribution in [1.82, 2.24) is 0 Å². The molecule has 3 aromatic carbocycles. The average molecular weight is 399 g/mol. The second kappa shape index (κ2) is 7.10. The van der Waals surface area contributed by atoms with Crippen molar-refractivity contribution in [3.05, 3.63) is 58.7 Å². The zero-order valence-corrected chi connectivity index (χ0v) is 16.3. The number of aromatic hydroxyl groups is 1. The van der Waals surface area contributed by atoms with Gasteiger partial charge in [-0.3, -0.25) is 4.99 Å². The molecule has 0 radical (unpaired) electrons. The first-order valence-electron chi connectivity index (χ1n) is 9.54. The largest absolute Gasteiger partial charge is 0.503 e. The lowest BCUT2D eigenvalue weighted by Gasteiger charge is -2.13. The summed E-state index contributed by atoms with van der Waals surface area (Å²) in [6, 6.07) is 9.08. The molecule has 0 saturated heterocycles. The maximum Gasteiger partial charge on any atom is 0.211 e. The molecule has 0 spiro atoms. The van der Waals surface area contributed by atoms with Crippen LogP contribution in [0.15, 0.2) is 39.7 Å². The van der Waals surface area contributed by atoms with Crippen LogP contribution in [0.25, 0.3) is 32.7 Å². The zero-order valence-electron chi connectivity index (χ0n) is 16.3. The minimum Gasteiger partial charge on any atom is -0.503 e. The van der Waals surface area contributed by atoms with Crippen LogP contribution in [-0.2, 0) is 6.42 Å². The second-order valence-electron chi connectivity index (χ2n) is 7.43. The Balaban J connectivity index is 2.18. The van der Waals surface area contributed by atoms with E-state index in [2.05, 4.69) is 4.99 Å². The van der Waals surface area contributed by atoms with Crippen LogP contribution in [0.3, 0.4) is 0 Å². The van der Waals surface area contributed by atoms with Gasteiger partial charge in [0.05, 0.1) is 10.7 Å². The van der Waals surface area contributed by atoms with Gasteiger partial charge >= 0.3 is 0 Å². The van der Waals surface area contributed by atoms with Crippen molar-refractivity contribution >= 4 is 32.7 Å². The first-order valence-corrected chi connectivity index (χ1v) is 9.54. The van der Waals surface area contributed by atoms with Crippen molar-refractivity contribution in [2.24, 2.45) is 4.99 Å². The standard InChI is InChI=1S/C23H20F3NO2/c1-4-5-15-16-10-14(27-11(2)3)7-6-12(16)8-13-9-17-18(24)19(25)21(28)20(26)23(17)29-22(13)15/h6-11,28H,4-5H2,1-3H3. The molecule has 0 atom stereocenters. The molecule has 150 valence electrons. The van der Waals surface area contributed by atoms with Gasteiger partial charge in [0.2, 0.25) is 11.6 Å². The highest BCUT2D eigenvalue weighted by atomic mass is 19.2. The third-order valence-electron chi connectivity index (χ3n) is 4.91. The summed E-state index contributed by atoms with van der Waals surface area (Å²) in [7, 11) is 0. The molecule has 1 heterocycles. The number of phenolic OH excluding ortho intramolecular Hbond substituents is 1. The SMILES string of the molecule is CCCc1c2cc(=NC(C)C)ccc2cc2cc3c(F)c(F)c(O)c(F)c3oc12. The van der Waals surface area contributed by atoms with Crippen LogP contribution in [0.5, 0.6) is 5.75 Å². The van der Waals surface area contributed by atoms with Crippen LogP contribution < -0.4 is 5.36 Å². The molecule has 0 fully saturated rings. The summed E-state index contributed by atoms with van der Waals surface area (Å²) < 4.78 is 48.3. The van der Waals surface area contributed by atoms with E-state index in [0.29, 0.717) is 17.4 Å². The van der Waals surface area contributed by atoms with Crippen LogP contribution in [0.2, 0.25) is 0 Å². The van der Waals surface area contributed by atoms with E-state index in [1.54, 1.807) is 6.07 Å². The van der Waals surface area contributed by atoms with E-state index in [-0.39, 0.29) is 11.4 Å². The topological polar surface area (TPSA) is 45.7 Å². The summed E-state index contributed by atoms with van der Waals surface area (Å²) in [5.74, 6) is -5.66. The Morgan fingerprint density at radius 2 is 1.69 bits per heavy atom. The first-order chi connectivity index (χ1) is 13.8. The molecule has 3 nitrogen and oxygen atoms in total. The molecule has 4 rings (SSSR count). The fourth-order valence-corrected chi connectivity index (χ4v) is 3.70. The van der Waals surface area contributed by atoms with Crippen molar-refractivity contribution in [3.63, 3.8) is 0 Å². The number of halogens is 3. The van der Waals surface area contributed by atoms with E-state index < -0.39 is 28.8 Å². The highest BCUT2D eigenvalue weighted by Crippen LogP contribution is 2.37. The van der Waals surface area contributed by atoms with E-state index in [0.717, 1.165) is 28.1 Å². The number of nitrogens with zero attached hydrogens (tertiary/aromatic N) is 1. The number of fused-ring (bicyclic) bond motifs is 3. The average Bonchev–Trinajstić information content (AvgIpc) is 2.69. The van der Waals surface area contributed by atoms with Crippen molar-refractivity contribution < 1.29 is 22.7 Å². The highest BCUT2D eigenvalue weighted by molar-refractivity contribution is 6.03. The van der Waals surface area contributed by atoms with Gasteiger partial charge in [-0.05, 0) is 55.3 Å². The van der Waals surface area contributed by atoms with Crippen molar-refractivity contribution in [2.75, 3.05) is 0 Å². The van der Waals surface area contributed by atoms with Crippen molar-refractivity contribution in [3.8, 4) is 5.75 Å². The van der Waals surface area contributed by atoms with Gasteiger partial charge in [-0.25, -0.2) is 4.39 Å². The summed E-state index contributed by atoms with van der Waals surface area (Å²) >= 11 is 0. The second-order valence-corrected chi connectivity index (χ2v) is 7.43. The third kappa shape index (κ3) is 3.12. The molecule has 4 aromatic rings. The first kappa shape index (κ1) is 19.3. The Labute approximate surface area is 165 Å². The monoisotopic (exact) mass is 399 g/mol. The van der Waals surface area contributed by atoms with Crippen LogP contribution in [0.1, 0.15) is 32.8 Å². The maximum atomic E-state index is 14.4. The smallest absolute Gasteiger partial charge is 0.211 e. The van der Waals surface area contributed by atoms with Gasteiger partial charge in [-0.15, -0.1) is 0 Å². The van der Waals surface area contributed by atoms with Gasteiger partial charge in [0, 0.05) is 17.0 Å². The van der Waals surface area contributed by atoms with Crippen molar-refractivity contribution in [2.45, 2.75) is 39.7 Å². The molecule has 0 aliphatic carbocycles. The summed E-state index contributed by atoms with van der Waals surface area (Å²) in [6.45, 7) is 5.99. The van der Waals surface area contributed by atoms with Crippen LogP contribution in [-0.4, -0.2) is 11.1 Å². The normalized spacial score (nSPS) is 12.7. The van der Waals surface area contributed by atoms with Crippen LogP contribution >= 0.6 is 0 Å². The summed E-state index contributed by atoms with van der Waals surface area (Å²) in [5.41, 5.74) is 0.720. The predicted octanol–water partition coefficient (Wildman–Crippen LogP) is 6.12. The summed E-state index contributed by atoms with van der Waals surface area (Å²) in [6.07, 6.45) is 1.45. The maximum absolute atomic E-state index is 14.4. The molecular weight excluding hydrogens is 379 g/mol. The Kier molecular flexibility index (Phi) is 4.73. The number of aryl methyl sites for hydroxylation is 1. The fraction of sp³-hybridized carbons (Fsp3) is 0.261. The number of phenols is 1. The fourth-order valence-electron chi connectivity index (χ4n) is 3.70. The van der Waals surface area contributed by atoms with E-state index in [1.807, 2.05) is 39.0 Å². The van der Waals surface area contributed by atoms with Gasteiger partial charge in [-0.2, -0.15) is 8.78 Å². The van der Waals surface area contributed by atoms with Gasteiger partial charge in [0.25, 0.3) is 0 Å². The number of hydrogen-bond donors (Lipinski definition) is 1. The van der Waals surface area contributed by atoms with Gasteiger partial charge in [0.1, 0.15) is 5.58 Å². The Bertz CT molecular complexity index is 1340. The number of benzene rings is 3. The zero-order chi connectivity index (χ0) is 20.9. The lowest BCUT2D eigenvalue weighted by atomic mass is 9.97. The molecule has 6 heteroatoms. The molecule has 29 heavy (non-hydrogen) atoms. The molecule has 0 unspecified atom stereocenters. The van der Waals surface area contributed by atoms with Gasteiger partial charge < -0.3 is 9.52 Å². The van der Waals surface area contributed by atoms with Gasteiger partial charge in [0.15, 0.2) is 17.1 Å². The van der Waals surface area contributed by atoms with Crippen molar-refractivity contribution in [1.29, 1.82) is 0 Å². The molecule has 0 aliphatic heterocycles. The molecule has 1 N–H and O–H groups in total. The molecule has 0 amide bonds. The minimum atomic E-state index is -1.63. The van der Waals surface area contributed by atoms with E-state index in [9.17, 15) is 18.3 Å². The molecular formula is C23H20F3NO2. The molecule has 0 bridgehead atoms. The summed E-state index contributed by atoms with van der Waals surface area (Å²) in [4.78, 5) is 4.57.